The number of benzene rings is 1. The summed E-state index contributed by atoms with van der Waals surface area (Å²) in [7, 11) is -1.06. The van der Waals surface area contributed by atoms with Crippen LogP contribution in [-0.2, 0) is 16.6 Å². The summed E-state index contributed by atoms with van der Waals surface area (Å²) in [5.41, 5.74) is 1.13. The minimum atomic E-state index is -3.89. The summed E-state index contributed by atoms with van der Waals surface area (Å²) in [5.74, 6) is 0.577. The van der Waals surface area contributed by atoms with Crippen LogP contribution in [0.25, 0.3) is 10.6 Å². The minimum absolute atomic E-state index is 0.0280. The van der Waals surface area contributed by atoms with Crippen LogP contribution in [0.15, 0.2) is 40.0 Å². The molecule has 1 aromatic carbocycles. The molecule has 0 aliphatic rings. The van der Waals surface area contributed by atoms with Gasteiger partial charge in [-0.05, 0) is 32.0 Å². The molecular formula is C19H22N4O5S2. The molecule has 0 spiro atoms. The molecule has 11 heteroatoms. The van der Waals surface area contributed by atoms with Crippen LogP contribution >= 0.6 is 11.3 Å². The third-order valence-electron chi connectivity index (χ3n) is 4.28. The molecule has 30 heavy (non-hydrogen) atoms. The number of methoxy groups -OCH3 is 2. The Morgan fingerprint density at radius 3 is 2.53 bits per heavy atom. The lowest BCUT2D eigenvalue weighted by molar-refractivity contribution is 0.392. The van der Waals surface area contributed by atoms with E-state index in [2.05, 4.69) is 14.8 Å². The van der Waals surface area contributed by atoms with Crippen molar-refractivity contribution in [3.05, 3.63) is 51.4 Å². The van der Waals surface area contributed by atoms with Crippen molar-refractivity contribution in [2.24, 2.45) is 0 Å². The molecule has 3 rings (SSSR count). The summed E-state index contributed by atoms with van der Waals surface area (Å²) in [5, 5.41) is 5.27. The minimum Gasteiger partial charge on any atom is -0.497 e. The largest absolute Gasteiger partial charge is 0.497 e. The molecule has 0 bridgehead atoms. The van der Waals surface area contributed by atoms with Crippen molar-refractivity contribution >= 4 is 21.4 Å². The molecule has 0 fully saturated rings. The van der Waals surface area contributed by atoms with Gasteiger partial charge in [0.2, 0.25) is 10.0 Å². The van der Waals surface area contributed by atoms with Gasteiger partial charge in [0, 0.05) is 18.7 Å². The molecule has 0 unspecified atom stereocenters. The van der Waals surface area contributed by atoms with Crippen LogP contribution in [0.3, 0.4) is 0 Å². The van der Waals surface area contributed by atoms with Crippen LogP contribution in [-0.4, -0.2) is 43.9 Å². The standard InChI is InChI=1S/C19H22N4O5S2/c1-12-19(29-13(2)21-12)15-6-8-18(24)23(22-15)10-9-20-30(25,26)17-11-14(27-3)5-7-16(17)28-4/h5-8,11,20H,9-10H2,1-4H3. The number of sulfonamides is 1. The summed E-state index contributed by atoms with van der Waals surface area (Å²) >= 11 is 1.49. The van der Waals surface area contributed by atoms with Crippen molar-refractivity contribution in [1.82, 2.24) is 19.5 Å². The van der Waals surface area contributed by atoms with E-state index < -0.39 is 10.0 Å². The molecule has 0 saturated heterocycles. The van der Waals surface area contributed by atoms with Gasteiger partial charge in [0.1, 0.15) is 22.1 Å². The van der Waals surface area contributed by atoms with Crippen molar-refractivity contribution in [3.63, 3.8) is 0 Å². The SMILES string of the molecule is COc1ccc(OC)c(S(=O)(=O)NCCn2nc(-c3sc(C)nc3C)ccc2=O)c1. The lowest BCUT2D eigenvalue weighted by Gasteiger charge is -2.12. The monoisotopic (exact) mass is 450 g/mol. The van der Waals surface area contributed by atoms with Gasteiger partial charge in [-0.15, -0.1) is 11.3 Å². The lowest BCUT2D eigenvalue weighted by Crippen LogP contribution is -2.32. The molecule has 3 aromatic rings. The van der Waals surface area contributed by atoms with Crippen LogP contribution < -0.4 is 19.8 Å². The highest BCUT2D eigenvalue weighted by Crippen LogP contribution is 2.28. The Labute approximate surface area is 178 Å². The van der Waals surface area contributed by atoms with Gasteiger partial charge in [-0.1, -0.05) is 0 Å². The number of nitrogens with one attached hydrogen (secondary N) is 1. The van der Waals surface area contributed by atoms with Crippen molar-refractivity contribution < 1.29 is 17.9 Å². The topological polar surface area (TPSA) is 112 Å². The first-order chi connectivity index (χ1) is 14.2. The molecule has 9 nitrogen and oxygen atoms in total. The van der Waals surface area contributed by atoms with Crippen molar-refractivity contribution in [1.29, 1.82) is 0 Å². The van der Waals surface area contributed by atoms with E-state index in [1.54, 1.807) is 12.1 Å². The molecule has 0 radical (unpaired) electrons. The number of aryl methyl sites for hydroxylation is 2. The molecule has 0 saturated carbocycles. The van der Waals surface area contributed by atoms with E-state index >= 15 is 0 Å². The van der Waals surface area contributed by atoms with Crippen LogP contribution in [0, 0.1) is 13.8 Å². The van der Waals surface area contributed by atoms with Crippen LogP contribution in [0.4, 0.5) is 0 Å². The average molecular weight is 451 g/mol. The number of aromatic nitrogens is 3. The number of hydrogen-bond donors (Lipinski definition) is 1. The molecule has 1 N–H and O–H groups in total. The normalized spacial score (nSPS) is 11.5. The summed E-state index contributed by atoms with van der Waals surface area (Å²) in [6, 6.07) is 7.56. The maximum Gasteiger partial charge on any atom is 0.266 e. The fraction of sp³-hybridized carbons (Fsp3) is 0.316. The van der Waals surface area contributed by atoms with Crippen LogP contribution in [0.5, 0.6) is 11.5 Å². The first kappa shape index (κ1) is 21.9. The van der Waals surface area contributed by atoms with Gasteiger partial charge in [0.05, 0.1) is 36.3 Å². The van der Waals surface area contributed by atoms with E-state index in [0.717, 1.165) is 15.6 Å². The predicted octanol–water partition coefficient (Wildman–Crippen LogP) is 1.98. The molecular weight excluding hydrogens is 428 g/mol. The second-order valence-corrected chi connectivity index (χ2v) is 9.28. The molecule has 160 valence electrons. The number of hydrogen-bond acceptors (Lipinski definition) is 8. The molecule has 2 aromatic heterocycles. The Balaban J connectivity index is 1.79. The third kappa shape index (κ3) is 4.69. The van der Waals surface area contributed by atoms with Gasteiger partial charge in [-0.2, -0.15) is 5.10 Å². The van der Waals surface area contributed by atoms with E-state index in [1.165, 1.54) is 48.4 Å². The molecule has 2 heterocycles. The van der Waals surface area contributed by atoms with Crippen LogP contribution in [0.2, 0.25) is 0 Å². The number of thiazole rings is 1. The highest BCUT2D eigenvalue weighted by molar-refractivity contribution is 7.89. The summed E-state index contributed by atoms with van der Waals surface area (Å²) in [6.45, 7) is 3.82. The Kier molecular flexibility index (Phi) is 6.54. The highest BCUT2D eigenvalue weighted by Gasteiger charge is 2.20. The Morgan fingerprint density at radius 1 is 1.13 bits per heavy atom. The van der Waals surface area contributed by atoms with E-state index in [9.17, 15) is 13.2 Å². The summed E-state index contributed by atoms with van der Waals surface area (Å²) < 4.78 is 39.4. The first-order valence-corrected chi connectivity index (χ1v) is 11.3. The Bertz CT molecular complexity index is 1220. The lowest BCUT2D eigenvalue weighted by atomic mass is 10.3. The molecule has 0 atom stereocenters. The molecule has 0 aliphatic carbocycles. The smallest absolute Gasteiger partial charge is 0.266 e. The fourth-order valence-electron chi connectivity index (χ4n) is 2.86. The summed E-state index contributed by atoms with van der Waals surface area (Å²) in [6.07, 6.45) is 0. The van der Waals surface area contributed by atoms with Gasteiger partial charge in [0.15, 0.2) is 0 Å². The van der Waals surface area contributed by atoms with E-state index in [-0.39, 0.29) is 29.3 Å². The van der Waals surface area contributed by atoms with Gasteiger partial charge in [-0.25, -0.2) is 22.8 Å². The Morgan fingerprint density at radius 2 is 1.90 bits per heavy atom. The number of rotatable bonds is 8. The second-order valence-electron chi connectivity index (χ2n) is 6.34. The predicted molar refractivity (Wildman–Crippen MR) is 114 cm³/mol. The maximum absolute atomic E-state index is 12.7. The maximum atomic E-state index is 12.7. The van der Waals surface area contributed by atoms with Crippen molar-refractivity contribution in [2.45, 2.75) is 25.3 Å². The van der Waals surface area contributed by atoms with Crippen LogP contribution in [0.1, 0.15) is 10.7 Å². The zero-order valence-corrected chi connectivity index (χ0v) is 18.6. The first-order valence-electron chi connectivity index (χ1n) is 8.99. The molecule has 0 amide bonds. The summed E-state index contributed by atoms with van der Waals surface area (Å²) in [4.78, 5) is 17.4. The second kappa shape index (κ2) is 8.94. The van der Waals surface area contributed by atoms with Gasteiger partial charge in [0.25, 0.3) is 5.56 Å². The van der Waals surface area contributed by atoms with E-state index in [1.807, 2.05) is 13.8 Å². The number of nitrogens with zero attached hydrogens (tertiary/aromatic N) is 3. The van der Waals surface area contributed by atoms with Crippen molar-refractivity contribution in [3.8, 4) is 22.1 Å². The van der Waals surface area contributed by atoms with Gasteiger partial charge < -0.3 is 9.47 Å². The molecule has 0 aliphatic heterocycles. The van der Waals surface area contributed by atoms with E-state index in [4.69, 9.17) is 9.47 Å². The van der Waals surface area contributed by atoms with Gasteiger partial charge in [-0.3, -0.25) is 4.79 Å². The zero-order valence-electron chi connectivity index (χ0n) is 17.0. The fourth-order valence-corrected chi connectivity index (χ4v) is 4.94. The van der Waals surface area contributed by atoms with Gasteiger partial charge >= 0.3 is 0 Å². The third-order valence-corrected chi connectivity index (χ3v) is 6.86. The van der Waals surface area contributed by atoms with E-state index in [0.29, 0.717) is 11.4 Å². The quantitative estimate of drug-likeness (QED) is 0.558. The Hall–Kier alpha value is -2.76. The van der Waals surface area contributed by atoms with Crippen molar-refractivity contribution in [2.75, 3.05) is 20.8 Å². The average Bonchev–Trinajstić information content (AvgIpc) is 3.06. The number of ether oxygens (including phenoxy) is 2. The zero-order chi connectivity index (χ0) is 21.9. The highest BCUT2D eigenvalue weighted by atomic mass is 32.2.